The monoisotopic (exact) mass is 523 g/mol. The van der Waals surface area contributed by atoms with E-state index in [0.717, 1.165) is 6.07 Å². The van der Waals surface area contributed by atoms with Crippen LogP contribution < -0.4 is 4.74 Å². The summed E-state index contributed by atoms with van der Waals surface area (Å²) in [6.07, 6.45) is 1.53. The van der Waals surface area contributed by atoms with Gasteiger partial charge in [-0.3, -0.25) is 9.59 Å². The van der Waals surface area contributed by atoms with Crippen molar-refractivity contribution in [3.8, 4) is 16.9 Å². The SMILES string of the molecule is CC(C)(O)CCN(CC(=O)O)C(=O)c1cccc(COc2ccc(-c3cc(F)c(F)c4ccoc34)cc2)c1. The topological polar surface area (TPSA) is 100 Å². The molecule has 2 N–H and O–H groups in total. The molecule has 7 nitrogen and oxygen atoms in total. The van der Waals surface area contributed by atoms with Gasteiger partial charge in [-0.15, -0.1) is 0 Å². The zero-order chi connectivity index (χ0) is 27.4. The summed E-state index contributed by atoms with van der Waals surface area (Å²) in [6, 6.07) is 15.9. The van der Waals surface area contributed by atoms with Crippen molar-refractivity contribution in [2.45, 2.75) is 32.5 Å². The van der Waals surface area contributed by atoms with Gasteiger partial charge in [0, 0.05) is 17.7 Å². The van der Waals surface area contributed by atoms with E-state index in [-0.39, 0.29) is 30.5 Å². The van der Waals surface area contributed by atoms with Crippen molar-refractivity contribution in [3.05, 3.63) is 89.7 Å². The summed E-state index contributed by atoms with van der Waals surface area (Å²) in [5.41, 5.74) is 1.23. The number of ether oxygens (including phenoxy) is 1. The molecule has 0 bridgehead atoms. The van der Waals surface area contributed by atoms with E-state index in [4.69, 9.17) is 9.15 Å². The highest BCUT2D eigenvalue weighted by Crippen LogP contribution is 2.33. The molecule has 0 aliphatic carbocycles. The third-order valence-corrected chi connectivity index (χ3v) is 5.98. The molecule has 0 radical (unpaired) electrons. The Morgan fingerprint density at radius 3 is 2.47 bits per heavy atom. The second kappa shape index (κ2) is 11.0. The van der Waals surface area contributed by atoms with Crippen LogP contribution in [-0.2, 0) is 11.4 Å². The molecule has 1 amide bonds. The van der Waals surface area contributed by atoms with E-state index in [0.29, 0.717) is 28.0 Å². The Morgan fingerprint density at radius 1 is 1.05 bits per heavy atom. The highest BCUT2D eigenvalue weighted by atomic mass is 19.2. The molecule has 4 aromatic rings. The Balaban J connectivity index is 1.45. The molecule has 1 aromatic heterocycles. The van der Waals surface area contributed by atoms with Crippen molar-refractivity contribution >= 4 is 22.8 Å². The fourth-order valence-electron chi connectivity index (χ4n) is 3.99. The maximum atomic E-state index is 14.0. The number of amides is 1. The number of rotatable bonds is 10. The number of nitrogens with zero attached hydrogens (tertiary/aromatic N) is 1. The predicted molar refractivity (Wildman–Crippen MR) is 137 cm³/mol. The van der Waals surface area contributed by atoms with Crippen LogP contribution in [0.5, 0.6) is 5.75 Å². The van der Waals surface area contributed by atoms with Crippen LogP contribution in [0, 0.1) is 11.6 Å². The van der Waals surface area contributed by atoms with Crippen molar-refractivity contribution in [1.29, 1.82) is 0 Å². The van der Waals surface area contributed by atoms with Crippen LogP contribution in [0.25, 0.3) is 22.1 Å². The molecule has 38 heavy (non-hydrogen) atoms. The second-order valence-electron chi connectivity index (χ2n) is 9.58. The molecule has 0 saturated heterocycles. The number of carbonyl (C=O) groups excluding carboxylic acids is 1. The second-order valence-corrected chi connectivity index (χ2v) is 9.58. The van der Waals surface area contributed by atoms with E-state index in [9.17, 15) is 28.6 Å². The van der Waals surface area contributed by atoms with Gasteiger partial charge in [-0.2, -0.15) is 0 Å². The number of carboxylic acid groups (broad SMARTS) is 1. The molecular formula is C29H27F2NO6. The Labute approximate surface area is 217 Å². The van der Waals surface area contributed by atoms with E-state index >= 15 is 0 Å². The van der Waals surface area contributed by atoms with Gasteiger partial charge in [0.15, 0.2) is 11.6 Å². The quantitative estimate of drug-likeness (QED) is 0.279. The zero-order valence-electron chi connectivity index (χ0n) is 20.9. The van der Waals surface area contributed by atoms with E-state index in [2.05, 4.69) is 0 Å². The summed E-state index contributed by atoms with van der Waals surface area (Å²) >= 11 is 0. The zero-order valence-corrected chi connectivity index (χ0v) is 20.9. The minimum Gasteiger partial charge on any atom is -0.489 e. The van der Waals surface area contributed by atoms with Crippen LogP contribution in [0.4, 0.5) is 8.78 Å². The fraction of sp³-hybridized carbons (Fsp3) is 0.241. The third-order valence-electron chi connectivity index (χ3n) is 5.98. The van der Waals surface area contributed by atoms with Gasteiger partial charge in [-0.05, 0) is 67.8 Å². The molecule has 0 unspecified atom stereocenters. The molecule has 4 rings (SSSR count). The number of carbonyl (C=O) groups is 2. The highest BCUT2D eigenvalue weighted by Gasteiger charge is 2.22. The molecule has 9 heteroatoms. The molecule has 0 saturated carbocycles. The number of hydrogen-bond acceptors (Lipinski definition) is 5. The smallest absolute Gasteiger partial charge is 0.323 e. The number of halogens is 2. The fourth-order valence-corrected chi connectivity index (χ4v) is 3.99. The Hall–Kier alpha value is -4.24. The molecule has 198 valence electrons. The number of hydrogen-bond donors (Lipinski definition) is 2. The van der Waals surface area contributed by atoms with Crippen molar-refractivity contribution in [3.63, 3.8) is 0 Å². The molecular weight excluding hydrogens is 496 g/mol. The van der Waals surface area contributed by atoms with E-state index in [1.807, 2.05) is 0 Å². The molecule has 0 fully saturated rings. The molecule has 0 atom stereocenters. The van der Waals surface area contributed by atoms with Gasteiger partial charge in [0.05, 0.1) is 17.3 Å². The standard InChI is InChI=1S/C29H27F2NO6/c1-29(2,36)11-12-32(16-25(33)34)28(35)20-5-3-4-18(14-20)17-38-21-8-6-19(7-9-21)23-15-24(30)26(31)22-10-13-37-27(22)23/h3-10,13-15,36H,11-12,16-17H2,1-2H3,(H,33,34). The largest absolute Gasteiger partial charge is 0.489 e. The molecule has 3 aromatic carbocycles. The Kier molecular flexibility index (Phi) is 7.78. The first kappa shape index (κ1) is 26.8. The van der Waals surface area contributed by atoms with Gasteiger partial charge in [0.2, 0.25) is 0 Å². The van der Waals surface area contributed by atoms with Crippen molar-refractivity contribution in [2.75, 3.05) is 13.1 Å². The number of fused-ring (bicyclic) bond motifs is 1. The lowest BCUT2D eigenvalue weighted by Gasteiger charge is -2.25. The maximum absolute atomic E-state index is 14.0. The Bertz CT molecular complexity index is 1460. The van der Waals surface area contributed by atoms with Crippen LogP contribution in [0.3, 0.4) is 0 Å². The van der Waals surface area contributed by atoms with E-state index in [1.165, 1.54) is 17.2 Å². The number of furan rings is 1. The summed E-state index contributed by atoms with van der Waals surface area (Å²) in [6.45, 7) is 2.93. The van der Waals surface area contributed by atoms with Gasteiger partial charge in [-0.1, -0.05) is 24.3 Å². The lowest BCUT2D eigenvalue weighted by molar-refractivity contribution is -0.137. The first-order valence-corrected chi connectivity index (χ1v) is 11.9. The number of carboxylic acids is 1. The van der Waals surface area contributed by atoms with Crippen LogP contribution in [0.15, 0.2) is 71.3 Å². The highest BCUT2D eigenvalue weighted by molar-refractivity contribution is 5.96. The Morgan fingerprint density at radius 2 is 1.79 bits per heavy atom. The maximum Gasteiger partial charge on any atom is 0.323 e. The summed E-state index contributed by atoms with van der Waals surface area (Å²) in [5, 5.41) is 19.3. The molecule has 0 spiro atoms. The minimum atomic E-state index is -1.15. The number of aliphatic carboxylic acids is 1. The number of aliphatic hydroxyl groups is 1. The average Bonchev–Trinajstić information content (AvgIpc) is 3.37. The number of benzene rings is 3. The summed E-state index contributed by atoms with van der Waals surface area (Å²) in [4.78, 5) is 25.5. The summed E-state index contributed by atoms with van der Waals surface area (Å²) in [7, 11) is 0. The minimum absolute atomic E-state index is 0.0664. The molecule has 0 aliphatic rings. The van der Waals surface area contributed by atoms with Crippen molar-refractivity contribution in [2.24, 2.45) is 0 Å². The lowest BCUT2D eigenvalue weighted by atomic mass is 10.0. The van der Waals surface area contributed by atoms with Gasteiger partial charge in [0.1, 0.15) is 24.5 Å². The van der Waals surface area contributed by atoms with Gasteiger partial charge >= 0.3 is 5.97 Å². The molecule has 1 heterocycles. The third kappa shape index (κ3) is 6.36. The van der Waals surface area contributed by atoms with Crippen LogP contribution in [0.2, 0.25) is 0 Å². The van der Waals surface area contributed by atoms with Gasteiger partial charge < -0.3 is 24.3 Å². The van der Waals surface area contributed by atoms with Crippen LogP contribution >= 0.6 is 0 Å². The average molecular weight is 524 g/mol. The lowest BCUT2D eigenvalue weighted by Crippen LogP contribution is -2.39. The first-order valence-electron chi connectivity index (χ1n) is 11.9. The van der Waals surface area contributed by atoms with Gasteiger partial charge in [-0.25, -0.2) is 8.78 Å². The van der Waals surface area contributed by atoms with Gasteiger partial charge in [0.25, 0.3) is 5.91 Å². The van der Waals surface area contributed by atoms with Crippen molar-refractivity contribution in [1.82, 2.24) is 4.90 Å². The van der Waals surface area contributed by atoms with E-state index < -0.39 is 35.7 Å². The normalized spacial score (nSPS) is 11.5. The van der Waals surface area contributed by atoms with E-state index in [1.54, 1.807) is 62.4 Å². The van der Waals surface area contributed by atoms with Crippen LogP contribution in [0.1, 0.15) is 36.2 Å². The first-order chi connectivity index (χ1) is 18.0. The summed E-state index contributed by atoms with van der Waals surface area (Å²) < 4.78 is 39.3. The van der Waals surface area contributed by atoms with Crippen LogP contribution in [-0.4, -0.2) is 45.7 Å². The predicted octanol–water partition coefficient (Wildman–Crippen LogP) is 5.64. The van der Waals surface area contributed by atoms with Crippen molar-refractivity contribution < 1.29 is 37.7 Å². The molecule has 0 aliphatic heterocycles. The summed E-state index contributed by atoms with van der Waals surface area (Å²) in [5.74, 6) is -3.01.